The first-order valence-corrected chi connectivity index (χ1v) is 5.02. The van der Waals surface area contributed by atoms with Crippen molar-refractivity contribution in [3.05, 3.63) is 12.2 Å². The van der Waals surface area contributed by atoms with E-state index in [0.29, 0.717) is 4.83 Å². The number of hydrogen-bond acceptors (Lipinski definition) is 1. The summed E-state index contributed by atoms with van der Waals surface area (Å²) in [7, 11) is 2.15. The highest BCUT2D eigenvalue weighted by atomic mass is 79.9. The van der Waals surface area contributed by atoms with E-state index in [1.165, 1.54) is 6.42 Å². The molecule has 0 aliphatic carbocycles. The van der Waals surface area contributed by atoms with Crippen molar-refractivity contribution in [3.8, 4) is 0 Å². The van der Waals surface area contributed by atoms with Crippen molar-refractivity contribution in [1.29, 1.82) is 0 Å². The molecule has 1 nitrogen and oxygen atoms in total. The first-order valence-electron chi connectivity index (χ1n) is 4.10. The van der Waals surface area contributed by atoms with Gasteiger partial charge in [-0.15, -0.1) is 0 Å². The average molecular weight is 220 g/mol. The lowest BCUT2D eigenvalue weighted by molar-refractivity contribution is 0.365. The second-order valence-corrected chi connectivity index (χ2v) is 4.46. The van der Waals surface area contributed by atoms with Crippen LogP contribution in [-0.4, -0.2) is 29.9 Å². The Balaban J connectivity index is 3.29. The van der Waals surface area contributed by atoms with Crippen LogP contribution in [0.25, 0.3) is 0 Å². The van der Waals surface area contributed by atoms with Gasteiger partial charge < -0.3 is 4.90 Å². The Bertz CT molecular complexity index is 110. The van der Waals surface area contributed by atoms with Crippen LogP contribution in [0.3, 0.4) is 0 Å². The molecule has 1 unspecified atom stereocenters. The molecule has 0 aliphatic rings. The summed E-state index contributed by atoms with van der Waals surface area (Å²) in [5, 5.41) is 0. The Morgan fingerprint density at radius 2 is 2.18 bits per heavy atom. The van der Waals surface area contributed by atoms with Crippen molar-refractivity contribution in [3.63, 3.8) is 0 Å². The van der Waals surface area contributed by atoms with Crippen LogP contribution in [0.1, 0.15) is 20.3 Å². The van der Waals surface area contributed by atoms with Gasteiger partial charge in [0.25, 0.3) is 0 Å². The van der Waals surface area contributed by atoms with Crippen LogP contribution >= 0.6 is 15.9 Å². The number of hydrogen-bond donors (Lipinski definition) is 0. The molecular formula is C9H18BrN. The largest absolute Gasteiger partial charge is 0.303 e. The van der Waals surface area contributed by atoms with Crippen molar-refractivity contribution in [2.75, 3.05) is 20.1 Å². The summed E-state index contributed by atoms with van der Waals surface area (Å²) in [6, 6.07) is 0. The Hall–Kier alpha value is 0.180. The zero-order valence-electron chi connectivity index (χ0n) is 7.68. The zero-order valence-corrected chi connectivity index (χ0v) is 9.26. The zero-order chi connectivity index (χ0) is 8.69. The minimum atomic E-state index is 0.635. The molecule has 0 aliphatic heterocycles. The summed E-state index contributed by atoms with van der Waals surface area (Å²) in [5.41, 5.74) is 0. The molecule has 0 bridgehead atoms. The molecule has 0 aromatic heterocycles. The van der Waals surface area contributed by atoms with Crippen molar-refractivity contribution in [2.24, 2.45) is 0 Å². The predicted octanol–water partition coefficient (Wildman–Crippen LogP) is 2.67. The third-order valence-corrected chi connectivity index (χ3v) is 2.02. The summed E-state index contributed by atoms with van der Waals surface area (Å²) < 4.78 is 0. The summed E-state index contributed by atoms with van der Waals surface area (Å²) in [6.45, 7) is 6.47. The number of allylic oxidation sites excluding steroid dienone is 1. The lowest BCUT2D eigenvalue weighted by atomic mass is 10.3. The topological polar surface area (TPSA) is 3.24 Å². The number of nitrogens with zero attached hydrogens (tertiary/aromatic N) is 1. The molecule has 66 valence electrons. The Morgan fingerprint density at radius 3 is 2.64 bits per heavy atom. The predicted molar refractivity (Wildman–Crippen MR) is 55.3 cm³/mol. The average Bonchev–Trinajstić information content (AvgIpc) is 1.97. The fourth-order valence-corrected chi connectivity index (χ4v) is 0.980. The highest BCUT2D eigenvalue weighted by Gasteiger charge is 1.98. The van der Waals surface area contributed by atoms with Gasteiger partial charge in [-0.1, -0.05) is 35.0 Å². The Kier molecular flexibility index (Phi) is 6.98. The van der Waals surface area contributed by atoms with Crippen LogP contribution in [-0.2, 0) is 0 Å². The maximum atomic E-state index is 3.53. The molecule has 0 saturated carbocycles. The van der Waals surface area contributed by atoms with E-state index < -0.39 is 0 Å². The van der Waals surface area contributed by atoms with E-state index in [9.17, 15) is 0 Å². The summed E-state index contributed by atoms with van der Waals surface area (Å²) in [4.78, 5) is 2.95. The number of rotatable bonds is 5. The quantitative estimate of drug-likeness (QED) is 0.508. The maximum absolute atomic E-state index is 3.53. The van der Waals surface area contributed by atoms with Crippen LogP contribution in [0.4, 0.5) is 0 Å². The van der Waals surface area contributed by atoms with Gasteiger partial charge in [0, 0.05) is 11.4 Å². The third kappa shape index (κ3) is 8.08. The molecule has 0 aromatic rings. The van der Waals surface area contributed by atoms with Gasteiger partial charge in [0.15, 0.2) is 0 Å². The van der Waals surface area contributed by atoms with Gasteiger partial charge in [0.05, 0.1) is 0 Å². The molecule has 2 heteroatoms. The number of likely N-dealkylation sites (N-methyl/N-ethyl adjacent to an activating group) is 1. The van der Waals surface area contributed by atoms with E-state index in [2.05, 4.69) is 53.9 Å². The molecule has 0 aromatic carbocycles. The van der Waals surface area contributed by atoms with E-state index in [1.54, 1.807) is 0 Å². The van der Waals surface area contributed by atoms with Gasteiger partial charge in [0.2, 0.25) is 0 Å². The van der Waals surface area contributed by atoms with E-state index >= 15 is 0 Å². The lowest BCUT2D eigenvalue weighted by Gasteiger charge is -2.14. The van der Waals surface area contributed by atoms with E-state index in [0.717, 1.165) is 13.1 Å². The highest BCUT2D eigenvalue weighted by molar-refractivity contribution is 9.09. The Labute approximate surface area is 78.6 Å². The van der Waals surface area contributed by atoms with Gasteiger partial charge in [0.1, 0.15) is 0 Å². The van der Waals surface area contributed by atoms with Gasteiger partial charge in [-0.25, -0.2) is 0 Å². The van der Waals surface area contributed by atoms with Gasteiger partial charge in [-0.2, -0.15) is 0 Å². The van der Waals surface area contributed by atoms with E-state index in [4.69, 9.17) is 0 Å². The molecule has 0 spiro atoms. The van der Waals surface area contributed by atoms with E-state index in [1.807, 2.05) is 0 Å². The third-order valence-electron chi connectivity index (χ3n) is 1.56. The maximum Gasteiger partial charge on any atom is 0.0160 e. The smallest absolute Gasteiger partial charge is 0.0160 e. The molecule has 0 saturated heterocycles. The number of halogens is 1. The standard InChI is InChI=1S/C9H18BrN/c1-4-5-7-11(3)8-6-9(2)10/h4-5,9H,6-8H2,1-3H3/b5-4+. The molecular weight excluding hydrogens is 202 g/mol. The molecule has 0 fully saturated rings. The molecule has 0 amide bonds. The van der Waals surface area contributed by atoms with Crippen LogP contribution < -0.4 is 0 Å². The minimum absolute atomic E-state index is 0.635. The fourth-order valence-electron chi connectivity index (χ4n) is 0.775. The molecule has 0 rings (SSSR count). The summed E-state index contributed by atoms with van der Waals surface area (Å²) in [6.07, 6.45) is 5.49. The van der Waals surface area contributed by atoms with Crippen molar-refractivity contribution < 1.29 is 0 Å². The SMILES string of the molecule is C/C=C/CN(C)CCC(C)Br. The minimum Gasteiger partial charge on any atom is -0.303 e. The summed E-state index contributed by atoms with van der Waals surface area (Å²) in [5.74, 6) is 0. The molecule has 0 N–H and O–H groups in total. The number of alkyl halides is 1. The van der Waals surface area contributed by atoms with Gasteiger partial charge >= 0.3 is 0 Å². The van der Waals surface area contributed by atoms with Gasteiger partial charge in [-0.3, -0.25) is 0 Å². The second-order valence-electron chi connectivity index (χ2n) is 2.90. The summed E-state index contributed by atoms with van der Waals surface area (Å²) >= 11 is 3.53. The van der Waals surface area contributed by atoms with E-state index in [-0.39, 0.29) is 0 Å². The van der Waals surface area contributed by atoms with Crippen molar-refractivity contribution in [1.82, 2.24) is 4.90 Å². The normalized spacial score (nSPS) is 14.6. The van der Waals surface area contributed by atoms with Crippen molar-refractivity contribution >= 4 is 15.9 Å². The fraction of sp³-hybridized carbons (Fsp3) is 0.778. The second kappa shape index (κ2) is 6.86. The van der Waals surface area contributed by atoms with Gasteiger partial charge in [-0.05, 0) is 26.9 Å². The first-order chi connectivity index (χ1) is 5.16. The first kappa shape index (κ1) is 11.2. The van der Waals surface area contributed by atoms with Crippen LogP contribution in [0, 0.1) is 0 Å². The molecule has 0 heterocycles. The van der Waals surface area contributed by atoms with Crippen molar-refractivity contribution in [2.45, 2.75) is 25.1 Å². The molecule has 1 atom stereocenters. The molecule has 0 radical (unpaired) electrons. The highest BCUT2D eigenvalue weighted by Crippen LogP contribution is 2.03. The molecule has 11 heavy (non-hydrogen) atoms. The van der Waals surface area contributed by atoms with Crippen LogP contribution in [0.2, 0.25) is 0 Å². The Morgan fingerprint density at radius 1 is 1.55 bits per heavy atom. The van der Waals surface area contributed by atoms with Crippen LogP contribution in [0.5, 0.6) is 0 Å². The lowest BCUT2D eigenvalue weighted by Crippen LogP contribution is -2.21. The monoisotopic (exact) mass is 219 g/mol. The van der Waals surface area contributed by atoms with Crippen LogP contribution in [0.15, 0.2) is 12.2 Å².